The summed E-state index contributed by atoms with van der Waals surface area (Å²) in [5, 5.41) is 11.9. The van der Waals surface area contributed by atoms with Gasteiger partial charge in [-0.25, -0.2) is 0 Å². The maximum absolute atomic E-state index is 10.8. The van der Waals surface area contributed by atoms with Crippen molar-refractivity contribution in [2.45, 2.75) is 25.8 Å². The van der Waals surface area contributed by atoms with Crippen LogP contribution in [0.3, 0.4) is 0 Å². The first-order chi connectivity index (χ1) is 6.63. The number of nitrogens with one attached hydrogen (secondary N) is 1. The van der Waals surface area contributed by atoms with E-state index in [0.29, 0.717) is 13.1 Å². The summed E-state index contributed by atoms with van der Waals surface area (Å²) in [6, 6.07) is -0.427. The van der Waals surface area contributed by atoms with E-state index in [9.17, 15) is 4.79 Å². The molecule has 0 amide bonds. The molecule has 82 valence electrons. The molecule has 1 atom stereocenters. The van der Waals surface area contributed by atoms with Crippen LogP contribution in [0, 0.1) is 5.92 Å². The maximum Gasteiger partial charge on any atom is 0.322 e. The number of carboxylic acid groups (broad SMARTS) is 1. The second-order valence-corrected chi connectivity index (χ2v) is 4.11. The van der Waals surface area contributed by atoms with E-state index in [1.54, 1.807) is 0 Å². The second kappa shape index (κ2) is 5.32. The molecule has 1 aliphatic carbocycles. The van der Waals surface area contributed by atoms with Crippen molar-refractivity contribution in [3.05, 3.63) is 0 Å². The molecular formula is C10H20N2O2. The van der Waals surface area contributed by atoms with Crippen LogP contribution in [-0.4, -0.2) is 48.7 Å². The van der Waals surface area contributed by atoms with Gasteiger partial charge >= 0.3 is 5.97 Å². The van der Waals surface area contributed by atoms with Crippen LogP contribution in [0.2, 0.25) is 0 Å². The topological polar surface area (TPSA) is 52.6 Å². The van der Waals surface area contributed by atoms with E-state index in [4.69, 9.17) is 5.11 Å². The third-order valence-corrected chi connectivity index (χ3v) is 2.51. The van der Waals surface area contributed by atoms with Gasteiger partial charge in [0.05, 0.1) is 0 Å². The van der Waals surface area contributed by atoms with Crippen molar-refractivity contribution < 1.29 is 9.90 Å². The number of aliphatic carboxylic acids is 1. The Labute approximate surface area is 85.3 Å². The first kappa shape index (κ1) is 11.5. The molecule has 0 aromatic carbocycles. The predicted molar refractivity (Wildman–Crippen MR) is 55.3 cm³/mol. The smallest absolute Gasteiger partial charge is 0.322 e. The average Bonchev–Trinajstić information content (AvgIpc) is 2.87. The monoisotopic (exact) mass is 200 g/mol. The largest absolute Gasteiger partial charge is 0.480 e. The minimum atomic E-state index is -0.755. The van der Waals surface area contributed by atoms with Crippen molar-refractivity contribution in [2.75, 3.05) is 26.7 Å². The predicted octanol–water partition coefficient (Wildman–Crippen LogP) is 0.391. The lowest BCUT2D eigenvalue weighted by Gasteiger charge is -2.21. The molecule has 0 aromatic rings. The molecule has 0 saturated heterocycles. The summed E-state index contributed by atoms with van der Waals surface area (Å²) in [5.41, 5.74) is 0. The molecule has 0 aliphatic heterocycles. The van der Waals surface area contributed by atoms with Gasteiger partial charge in [0.1, 0.15) is 6.04 Å². The summed E-state index contributed by atoms with van der Waals surface area (Å²) in [5.74, 6) is 0.0607. The van der Waals surface area contributed by atoms with Crippen molar-refractivity contribution >= 4 is 5.97 Å². The van der Waals surface area contributed by atoms with Crippen molar-refractivity contribution in [3.63, 3.8) is 0 Å². The SMILES string of the molecule is CCNC(CN(C)CC1CC1)C(=O)O. The molecule has 4 heteroatoms. The molecule has 4 nitrogen and oxygen atoms in total. The molecule has 0 aromatic heterocycles. The van der Waals surface area contributed by atoms with Crippen molar-refractivity contribution in [3.8, 4) is 0 Å². The first-order valence-electron chi connectivity index (χ1n) is 5.28. The van der Waals surface area contributed by atoms with Crippen LogP contribution in [-0.2, 0) is 4.79 Å². The lowest BCUT2D eigenvalue weighted by atomic mass is 10.2. The highest BCUT2D eigenvalue weighted by atomic mass is 16.4. The molecule has 1 unspecified atom stereocenters. The van der Waals surface area contributed by atoms with E-state index in [1.807, 2.05) is 14.0 Å². The number of rotatable bonds is 7. The standard InChI is InChI=1S/C10H20N2O2/c1-3-11-9(10(13)14)7-12(2)6-8-4-5-8/h8-9,11H,3-7H2,1-2H3,(H,13,14). The first-order valence-corrected chi connectivity index (χ1v) is 5.28. The molecular weight excluding hydrogens is 180 g/mol. The molecule has 1 rings (SSSR count). The van der Waals surface area contributed by atoms with Crippen LogP contribution >= 0.6 is 0 Å². The van der Waals surface area contributed by atoms with Crippen LogP contribution in [0.1, 0.15) is 19.8 Å². The highest BCUT2D eigenvalue weighted by Crippen LogP contribution is 2.29. The number of likely N-dealkylation sites (N-methyl/N-ethyl adjacent to an activating group) is 2. The van der Waals surface area contributed by atoms with Gasteiger partial charge < -0.3 is 15.3 Å². The third-order valence-electron chi connectivity index (χ3n) is 2.51. The van der Waals surface area contributed by atoms with Crippen molar-refractivity contribution in [1.29, 1.82) is 0 Å². The number of hydrogen-bond donors (Lipinski definition) is 2. The molecule has 0 heterocycles. The lowest BCUT2D eigenvalue weighted by Crippen LogP contribution is -2.45. The minimum absolute atomic E-state index is 0.427. The number of hydrogen-bond acceptors (Lipinski definition) is 3. The van der Waals surface area contributed by atoms with Gasteiger partial charge in [-0.1, -0.05) is 6.92 Å². The molecule has 0 bridgehead atoms. The van der Waals surface area contributed by atoms with E-state index < -0.39 is 12.0 Å². The van der Waals surface area contributed by atoms with Crippen LogP contribution < -0.4 is 5.32 Å². The Morgan fingerprint density at radius 1 is 1.64 bits per heavy atom. The fourth-order valence-corrected chi connectivity index (χ4v) is 1.60. The van der Waals surface area contributed by atoms with Crippen LogP contribution in [0.5, 0.6) is 0 Å². The zero-order valence-corrected chi connectivity index (χ0v) is 8.99. The van der Waals surface area contributed by atoms with Crippen molar-refractivity contribution in [2.24, 2.45) is 5.92 Å². The van der Waals surface area contributed by atoms with Gasteiger partial charge in [-0.15, -0.1) is 0 Å². The summed E-state index contributed by atoms with van der Waals surface area (Å²) in [6.07, 6.45) is 2.62. The van der Waals surface area contributed by atoms with Gasteiger partial charge in [-0.05, 0) is 32.4 Å². The normalized spacial score (nSPS) is 18.5. The van der Waals surface area contributed by atoms with Gasteiger partial charge in [-0.3, -0.25) is 4.79 Å². The zero-order valence-electron chi connectivity index (χ0n) is 8.99. The molecule has 0 radical (unpaired) electrons. The zero-order chi connectivity index (χ0) is 10.6. The quantitative estimate of drug-likeness (QED) is 0.624. The third kappa shape index (κ3) is 4.07. The van der Waals surface area contributed by atoms with E-state index >= 15 is 0 Å². The summed E-state index contributed by atoms with van der Waals surface area (Å²) < 4.78 is 0. The fourth-order valence-electron chi connectivity index (χ4n) is 1.60. The van der Waals surface area contributed by atoms with Crippen molar-refractivity contribution in [1.82, 2.24) is 10.2 Å². The van der Waals surface area contributed by atoms with Gasteiger partial charge in [-0.2, -0.15) is 0 Å². The van der Waals surface area contributed by atoms with Gasteiger partial charge in [0, 0.05) is 13.1 Å². The summed E-state index contributed by atoms with van der Waals surface area (Å²) in [6.45, 7) is 4.26. The Morgan fingerprint density at radius 3 is 2.71 bits per heavy atom. The van der Waals surface area contributed by atoms with Gasteiger partial charge in [0.2, 0.25) is 0 Å². The summed E-state index contributed by atoms with van der Waals surface area (Å²) in [4.78, 5) is 12.9. The van der Waals surface area contributed by atoms with Gasteiger partial charge in [0.25, 0.3) is 0 Å². The number of carbonyl (C=O) groups is 1. The van der Waals surface area contributed by atoms with Gasteiger partial charge in [0.15, 0.2) is 0 Å². The van der Waals surface area contributed by atoms with E-state index in [1.165, 1.54) is 12.8 Å². The average molecular weight is 200 g/mol. The molecule has 0 spiro atoms. The molecule has 14 heavy (non-hydrogen) atoms. The Hall–Kier alpha value is -0.610. The maximum atomic E-state index is 10.8. The van der Waals surface area contributed by atoms with Crippen LogP contribution in [0.25, 0.3) is 0 Å². The molecule has 2 N–H and O–H groups in total. The molecule has 1 saturated carbocycles. The van der Waals surface area contributed by atoms with E-state index in [2.05, 4.69) is 10.2 Å². The number of carboxylic acids is 1. The fraction of sp³-hybridized carbons (Fsp3) is 0.900. The Morgan fingerprint density at radius 2 is 2.29 bits per heavy atom. The van der Waals surface area contributed by atoms with Crippen LogP contribution in [0.15, 0.2) is 0 Å². The van der Waals surface area contributed by atoms with E-state index in [-0.39, 0.29) is 0 Å². The molecule has 1 aliphatic rings. The molecule has 1 fully saturated rings. The highest BCUT2D eigenvalue weighted by Gasteiger charge is 2.25. The number of nitrogens with zero attached hydrogens (tertiary/aromatic N) is 1. The summed E-state index contributed by atoms with van der Waals surface area (Å²) >= 11 is 0. The highest BCUT2D eigenvalue weighted by molar-refractivity contribution is 5.73. The van der Waals surface area contributed by atoms with Crippen LogP contribution in [0.4, 0.5) is 0 Å². The Kier molecular flexibility index (Phi) is 4.35. The summed E-state index contributed by atoms with van der Waals surface area (Å²) in [7, 11) is 1.99. The minimum Gasteiger partial charge on any atom is -0.480 e. The Balaban J connectivity index is 2.25. The second-order valence-electron chi connectivity index (χ2n) is 4.11. The van der Waals surface area contributed by atoms with E-state index in [0.717, 1.165) is 12.5 Å². The lowest BCUT2D eigenvalue weighted by molar-refractivity contribution is -0.139. The Bertz CT molecular complexity index is 193.